The number of aromatic nitrogens is 3. The number of rotatable bonds is 11. The lowest BCUT2D eigenvalue weighted by Crippen LogP contribution is -2.35. The van der Waals surface area contributed by atoms with Gasteiger partial charge in [-0.1, -0.05) is 55.5 Å². The van der Waals surface area contributed by atoms with Gasteiger partial charge in [-0.15, -0.1) is 0 Å². The molecular formula is C31H31F2N5O4S. The van der Waals surface area contributed by atoms with Crippen LogP contribution >= 0.6 is 0 Å². The molecule has 9 nitrogen and oxygen atoms in total. The molecule has 0 saturated carbocycles. The van der Waals surface area contributed by atoms with E-state index in [1.807, 2.05) is 37.3 Å². The van der Waals surface area contributed by atoms with E-state index in [0.29, 0.717) is 17.7 Å². The molecule has 3 atom stereocenters. The van der Waals surface area contributed by atoms with Crippen LogP contribution in [0.3, 0.4) is 0 Å². The molecule has 0 radical (unpaired) electrons. The number of sulfone groups is 1. The Balaban J connectivity index is 1.41. The first-order valence-corrected chi connectivity index (χ1v) is 15.5. The second-order valence-electron chi connectivity index (χ2n) is 10.2. The van der Waals surface area contributed by atoms with Crippen LogP contribution in [0.15, 0.2) is 87.9 Å². The fraction of sp³-hybridized carbons (Fsp3) is 0.290. The minimum Gasteiger partial charge on any atom is -0.370 e. The minimum atomic E-state index is -4.04. The molecule has 1 aliphatic heterocycles. The van der Waals surface area contributed by atoms with E-state index in [9.17, 15) is 22.0 Å². The maximum Gasteiger partial charge on any atom is 0.288 e. The van der Waals surface area contributed by atoms with Crippen LogP contribution in [0.25, 0.3) is 11.3 Å². The largest absolute Gasteiger partial charge is 0.370 e. The van der Waals surface area contributed by atoms with E-state index >= 15 is 0 Å². The summed E-state index contributed by atoms with van der Waals surface area (Å²) in [6.07, 6.45) is 2.31. The Morgan fingerprint density at radius 3 is 2.51 bits per heavy atom. The molecule has 4 aromatic rings. The predicted octanol–water partition coefficient (Wildman–Crippen LogP) is 4.92. The van der Waals surface area contributed by atoms with E-state index in [2.05, 4.69) is 20.3 Å². The van der Waals surface area contributed by atoms with E-state index in [4.69, 9.17) is 4.74 Å². The zero-order chi connectivity index (χ0) is 30.6. The number of aryl methyl sites for hydroxylation is 1. The highest BCUT2D eigenvalue weighted by atomic mass is 32.2. The number of hydrogen-bond donors (Lipinski definition) is 1. The third kappa shape index (κ3) is 6.86. The van der Waals surface area contributed by atoms with E-state index < -0.39 is 44.5 Å². The molecule has 5 rings (SSSR count). The summed E-state index contributed by atoms with van der Waals surface area (Å²) in [6.45, 7) is 3.49. The summed E-state index contributed by atoms with van der Waals surface area (Å²) < 4.78 is 63.3. The smallest absolute Gasteiger partial charge is 0.288 e. The average Bonchev–Trinajstić information content (AvgIpc) is 3.48. The number of ether oxygens (including phenoxy) is 1. The zero-order valence-corrected chi connectivity index (χ0v) is 24.5. The van der Waals surface area contributed by atoms with Crippen LogP contribution in [0.4, 0.5) is 8.78 Å². The van der Waals surface area contributed by atoms with Crippen LogP contribution in [0.5, 0.6) is 0 Å². The molecular weight excluding hydrogens is 576 g/mol. The van der Waals surface area contributed by atoms with Crippen molar-refractivity contribution in [1.29, 1.82) is 0 Å². The molecule has 2 aromatic heterocycles. The second-order valence-corrected chi connectivity index (χ2v) is 12.3. The van der Waals surface area contributed by atoms with Crippen molar-refractivity contribution >= 4 is 16.2 Å². The number of pyridine rings is 1. The maximum absolute atomic E-state index is 14.8. The standard InChI is InChI=1S/C31H31F2N5O4S/c1-3-26-29(35-19-34-26)38-17-23(16-25(33)30(38)39)27-15-20(2)36-31(37-27)43(40,41)14-13-28(21-9-5-4-6-10-21)42-18-22-11-7-8-12-24(22)32/h4-12,15-17,19,26,28-29H,3,13-14,18H2,1-2H3,(H,34,35). The molecule has 0 saturated heterocycles. The summed E-state index contributed by atoms with van der Waals surface area (Å²) in [4.78, 5) is 25.4. The Morgan fingerprint density at radius 1 is 1.02 bits per heavy atom. The molecule has 3 unspecified atom stereocenters. The van der Waals surface area contributed by atoms with Crippen molar-refractivity contribution in [3.8, 4) is 11.3 Å². The molecule has 0 bridgehead atoms. The first-order valence-electron chi connectivity index (χ1n) is 13.8. The molecule has 0 spiro atoms. The van der Waals surface area contributed by atoms with Crippen molar-refractivity contribution in [2.24, 2.45) is 4.99 Å². The fourth-order valence-corrected chi connectivity index (χ4v) is 6.13. The second kappa shape index (κ2) is 12.9. The number of nitrogens with zero attached hydrogens (tertiary/aromatic N) is 4. The third-order valence-electron chi connectivity index (χ3n) is 7.23. The van der Waals surface area contributed by atoms with Gasteiger partial charge < -0.3 is 10.1 Å². The van der Waals surface area contributed by atoms with Crippen molar-refractivity contribution in [3.63, 3.8) is 0 Å². The molecule has 43 heavy (non-hydrogen) atoms. The third-order valence-corrected chi connectivity index (χ3v) is 8.74. The number of nitrogens with one attached hydrogen (secondary N) is 1. The zero-order valence-electron chi connectivity index (χ0n) is 23.7. The normalized spacial score (nSPS) is 17.1. The number of benzene rings is 2. The number of halogens is 2. The van der Waals surface area contributed by atoms with E-state index in [-0.39, 0.29) is 36.1 Å². The highest BCUT2D eigenvalue weighted by Crippen LogP contribution is 2.27. The lowest BCUT2D eigenvalue weighted by molar-refractivity contribution is 0.0361. The average molecular weight is 608 g/mol. The van der Waals surface area contributed by atoms with Gasteiger partial charge in [-0.2, -0.15) is 0 Å². The van der Waals surface area contributed by atoms with Crippen LogP contribution in [-0.2, 0) is 21.2 Å². The quantitative estimate of drug-likeness (QED) is 0.241. The monoisotopic (exact) mass is 607 g/mol. The summed E-state index contributed by atoms with van der Waals surface area (Å²) in [7, 11) is -4.04. The molecule has 0 aliphatic carbocycles. The van der Waals surface area contributed by atoms with Gasteiger partial charge in [-0.3, -0.25) is 9.36 Å². The topological polar surface area (TPSA) is 116 Å². The molecule has 0 fully saturated rings. The van der Waals surface area contributed by atoms with Gasteiger partial charge >= 0.3 is 0 Å². The van der Waals surface area contributed by atoms with Crippen LogP contribution in [-0.4, -0.2) is 41.1 Å². The van der Waals surface area contributed by atoms with Crippen LogP contribution in [0.2, 0.25) is 0 Å². The molecule has 3 heterocycles. The highest BCUT2D eigenvalue weighted by molar-refractivity contribution is 7.91. The fourth-order valence-electron chi connectivity index (χ4n) is 4.90. The Labute approximate surface area is 248 Å². The SMILES string of the molecule is CCC1NC=NC1n1cc(-c2cc(C)nc(S(=O)(=O)CCC(OCc3ccccc3F)c3ccccc3)n2)cc(F)c1=O. The van der Waals surface area contributed by atoms with Gasteiger partial charge in [0.05, 0.1) is 36.5 Å². The predicted molar refractivity (Wildman–Crippen MR) is 158 cm³/mol. The summed E-state index contributed by atoms with van der Waals surface area (Å²) in [6, 6.07) is 17.7. The van der Waals surface area contributed by atoms with Crippen LogP contribution < -0.4 is 10.9 Å². The Bertz CT molecular complexity index is 1800. The van der Waals surface area contributed by atoms with Gasteiger partial charge in [-0.25, -0.2) is 32.2 Å². The van der Waals surface area contributed by atoms with Crippen molar-refractivity contribution in [1.82, 2.24) is 19.9 Å². The lowest BCUT2D eigenvalue weighted by Gasteiger charge is -2.20. The van der Waals surface area contributed by atoms with Gasteiger partial charge in [-0.05, 0) is 43.5 Å². The van der Waals surface area contributed by atoms with Crippen LogP contribution in [0, 0.1) is 18.6 Å². The molecule has 0 amide bonds. The van der Waals surface area contributed by atoms with E-state index in [1.165, 1.54) is 29.2 Å². The molecule has 1 aliphatic rings. The first kappa shape index (κ1) is 30.2. The van der Waals surface area contributed by atoms with Crippen LogP contribution in [0.1, 0.15) is 48.9 Å². The van der Waals surface area contributed by atoms with Gasteiger partial charge in [0.2, 0.25) is 15.0 Å². The molecule has 224 valence electrons. The van der Waals surface area contributed by atoms with Gasteiger partial charge in [0, 0.05) is 23.0 Å². The molecule has 2 aromatic carbocycles. The number of hydrogen-bond acceptors (Lipinski definition) is 8. The van der Waals surface area contributed by atoms with Crippen molar-refractivity contribution < 1.29 is 21.9 Å². The van der Waals surface area contributed by atoms with Gasteiger partial charge in [0.15, 0.2) is 5.82 Å². The van der Waals surface area contributed by atoms with Gasteiger partial charge in [0.1, 0.15) is 12.0 Å². The lowest BCUT2D eigenvalue weighted by atomic mass is 10.1. The van der Waals surface area contributed by atoms with Crippen molar-refractivity contribution in [3.05, 3.63) is 112 Å². The molecule has 12 heteroatoms. The van der Waals surface area contributed by atoms with Crippen molar-refractivity contribution in [2.45, 2.75) is 56.8 Å². The Morgan fingerprint density at radius 2 is 1.77 bits per heavy atom. The Hall–Kier alpha value is -4.29. The summed E-state index contributed by atoms with van der Waals surface area (Å²) in [5, 5.41) is 2.62. The molecule has 1 N–H and O–H groups in total. The summed E-state index contributed by atoms with van der Waals surface area (Å²) >= 11 is 0. The summed E-state index contributed by atoms with van der Waals surface area (Å²) in [5.41, 5.74) is 0.976. The number of aliphatic imine (C=N–C) groups is 1. The maximum atomic E-state index is 14.8. The highest BCUT2D eigenvalue weighted by Gasteiger charge is 2.27. The Kier molecular flexibility index (Phi) is 9.07. The van der Waals surface area contributed by atoms with E-state index in [1.54, 1.807) is 25.1 Å². The summed E-state index contributed by atoms with van der Waals surface area (Å²) in [5.74, 6) is -1.78. The minimum absolute atomic E-state index is 0.0436. The van der Waals surface area contributed by atoms with Gasteiger partial charge in [0.25, 0.3) is 5.56 Å². The van der Waals surface area contributed by atoms with E-state index in [0.717, 1.165) is 11.6 Å². The van der Waals surface area contributed by atoms with Crippen molar-refractivity contribution in [2.75, 3.05) is 5.75 Å². The first-order chi connectivity index (χ1) is 20.7.